The van der Waals surface area contributed by atoms with Gasteiger partial charge in [0.1, 0.15) is 0 Å². The number of likely N-dealkylation sites (N-methyl/N-ethyl adjacent to an activating group) is 2. The second-order valence-electron chi connectivity index (χ2n) is 6.41. The van der Waals surface area contributed by atoms with E-state index in [0.717, 1.165) is 12.6 Å². The largest absolute Gasteiger partial charge is 0.309 e. The summed E-state index contributed by atoms with van der Waals surface area (Å²) in [5.41, 5.74) is 3.06. The number of benzene rings is 1. The van der Waals surface area contributed by atoms with Crippen LogP contribution in [0.5, 0.6) is 0 Å². The van der Waals surface area contributed by atoms with Crippen LogP contribution in [0.15, 0.2) is 24.3 Å². The quantitative estimate of drug-likeness (QED) is 0.904. The van der Waals surface area contributed by atoms with E-state index in [1.54, 1.807) is 0 Å². The molecule has 3 unspecified atom stereocenters. The fourth-order valence-corrected chi connectivity index (χ4v) is 3.87. The van der Waals surface area contributed by atoms with Gasteiger partial charge in [0.15, 0.2) is 0 Å². The number of likely N-dealkylation sites (tertiary alicyclic amines) is 1. The highest BCUT2D eigenvalue weighted by Crippen LogP contribution is 2.36. The van der Waals surface area contributed by atoms with E-state index in [4.69, 9.17) is 0 Å². The van der Waals surface area contributed by atoms with Gasteiger partial charge in [0.2, 0.25) is 0 Å². The first-order chi connectivity index (χ1) is 9.70. The van der Waals surface area contributed by atoms with Gasteiger partial charge in [0.05, 0.1) is 0 Å². The van der Waals surface area contributed by atoms with E-state index in [-0.39, 0.29) is 0 Å². The van der Waals surface area contributed by atoms with E-state index < -0.39 is 0 Å². The summed E-state index contributed by atoms with van der Waals surface area (Å²) in [7, 11) is 4.42. The molecule has 0 amide bonds. The summed E-state index contributed by atoms with van der Waals surface area (Å²) in [5.74, 6) is 0. The van der Waals surface area contributed by atoms with Gasteiger partial charge >= 0.3 is 0 Å². The van der Waals surface area contributed by atoms with Crippen molar-refractivity contribution in [2.24, 2.45) is 0 Å². The fraction of sp³-hybridized carbons (Fsp3) is 0.647. The Hall–Kier alpha value is -0.900. The molecule has 1 fully saturated rings. The minimum atomic E-state index is 0.511. The standard InChI is InChI=1S/C17H27N3/c1-4-18-17-15-8-6-5-7-13(15)11-16(17)20-10-9-14(12-20)19(2)3/h5-8,14,16-18H,4,9-12H2,1-3H3. The average Bonchev–Trinajstić information content (AvgIpc) is 3.04. The Bertz CT molecular complexity index is 457. The summed E-state index contributed by atoms with van der Waals surface area (Å²) < 4.78 is 0. The number of rotatable bonds is 4. The third-order valence-electron chi connectivity index (χ3n) is 5.02. The molecule has 3 heteroatoms. The molecule has 0 saturated carbocycles. The van der Waals surface area contributed by atoms with Crippen LogP contribution in [0.4, 0.5) is 0 Å². The summed E-state index contributed by atoms with van der Waals surface area (Å²) in [6, 6.07) is 10.8. The summed E-state index contributed by atoms with van der Waals surface area (Å²) >= 11 is 0. The van der Waals surface area contributed by atoms with E-state index in [1.807, 2.05) is 0 Å². The van der Waals surface area contributed by atoms with Gasteiger partial charge in [-0.1, -0.05) is 31.2 Å². The van der Waals surface area contributed by atoms with Gasteiger partial charge < -0.3 is 10.2 Å². The maximum absolute atomic E-state index is 3.72. The normalized spacial score (nSPS) is 30.1. The Morgan fingerprint density at radius 2 is 2.10 bits per heavy atom. The van der Waals surface area contributed by atoms with Gasteiger partial charge in [-0.05, 0) is 44.6 Å². The second-order valence-corrected chi connectivity index (χ2v) is 6.41. The summed E-state index contributed by atoms with van der Waals surface area (Å²) in [4.78, 5) is 5.09. The van der Waals surface area contributed by atoms with Crippen molar-refractivity contribution >= 4 is 0 Å². The monoisotopic (exact) mass is 273 g/mol. The van der Waals surface area contributed by atoms with Crippen LogP contribution >= 0.6 is 0 Å². The highest BCUT2D eigenvalue weighted by molar-refractivity contribution is 5.37. The van der Waals surface area contributed by atoms with E-state index in [2.05, 4.69) is 60.4 Å². The smallest absolute Gasteiger partial charge is 0.0484 e. The van der Waals surface area contributed by atoms with Crippen molar-refractivity contribution in [2.45, 2.75) is 37.9 Å². The average molecular weight is 273 g/mol. The van der Waals surface area contributed by atoms with Crippen LogP contribution in [0, 0.1) is 0 Å². The molecule has 1 aromatic rings. The Labute approximate surface area is 123 Å². The van der Waals surface area contributed by atoms with Crippen molar-refractivity contribution < 1.29 is 0 Å². The van der Waals surface area contributed by atoms with Gasteiger partial charge in [0, 0.05) is 31.2 Å². The highest BCUT2D eigenvalue weighted by atomic mass is 15.3. The van der Waals surface area contributed by atoms with Crippen molar-refractivity contribution in [2.75, 3.05) is 33.7 Å². The highest BCUT2D eigenvalue weighted by Gasteiger charge is 2.38. The molecule has 0 bridgehead atoms. The van der Waals surface area contributed by atoms with Gasteiger partial charge in [0.25, 0.3) is 0 Å². The SMILES string of the molecule is CCNC1c2ccccc2CC1N1CCC(N(C)C)C1. The molecule has 1 heterocycles. The topological polar surface area (TPSA) is 18.5 Å². The van der Waals surface area contributed by atoms with Crippen molar-refractivity contribution in [1.29, 1.82) is 0 Å². The van der Waals surface area contributed by atoms with Crippen LogP contribution in [-0.4, -0.2) is 55.6 Å². The van der Waals surface area contributed by atoms with Crippen LogP contribution in [0.25, 0.3) is 0 Å². The molecule has 0 radical (unpaired) electrons. The Kier molecular flexibility index (Phi) is 4.11. The molecule has 1 aliphatic heterocycles. The maximum Gasteiger partial charge on any atom is 0.0484 e. The third kappa shape index (κ3) is 2.50. The van der Waals surface area contributed by atoms with Crippen molar-refractivity contribution in [1.82, 2.24) is 15.1 Å². The van der Waals surface area contributed by atoms with Gasteiger partial charge in [-0.2, -0.15) is 0 Å². The molecule has 110 valence electrons. The zero-order valence-corrected chi connectivity index (χ0v) is 13.0. The lowest BCUT2D eigenvalue weighted by Gasteiger charge is -2.31. The lowest BCUT2D eigenvalue weighted by molar-refractivity contribution is 0.187. The van der Waals surface area contributed by atoms with Crippen LogP contribution in [0.2, 0.25) is 0 Å². The first-order valence-electron chi connectivity index (χ1n) is 7.92. The van der Waals surface area contributed by atoms with E-state index >= 15 is 0 Å². The van der Waals surface area contributed by atoms with Crippen LogP contribution in [0.1, 0.15) is 30.5 Å². The molecule has 3 rings (SSSR count). The Balaban J connectivity index is 1.77. The molecule has 0 aromatic heterocycles. The molecule has 2 aliphatic rings. The van der Waals surface area contributed by atoms with Crippen LogP contribution in [-0.2, 0) is 6.42 Å². The van der Waals surface area contributed by atoms with E-state index in [9.17, 15) is 0 Å². The minimum Gasteiger partial charge on any atom is -0.309 e. The molecule has 0 spiro atoms. The number of fused-ring (bicyclic) bond motifs is 1. The van der Waals surface area contributed by atoms with Crippen LogP contribution < -0.4 is 5.32 Å². The fourth-order valence-electron chi connectivity index (χ4n) is 3.87. The number of hydrogen-bond acceptors (Lipinski definition) is 3. The lowest BCUT2D eigenvalue weighted by Crippen LogP contribution is -2.43. The van der Waals surface area contributed by atoms with Crippen molar-refractivity contribution in [3.63, 3.8) is 0 Å². The maximum atomic E-state index is 3.72. The predicted molar refractivity (Wildman–Crippen MR) is 84.0 cm³/mol. The lowest BCUT2D eigenvalue weighted by atomic mass is 10.1. The number of nitrogens with one attached hydrogen (secondary N) is 1. The molecule has 1 saturated heterocycles. The molecule has 1 N–H and O–H groups in total. The molecule has 3 nitrogen and oxygen atoms in total. The molecular weight excluding hydrogens is 246 g/mol. The summed E-state index contributed by atoms with van der Waals surface area (Å²) in [6.07, 6.45) is 2.51. The number of hydrogen-bond donors (Lipinski definition) is 1. The van der Waals surface area contributed by atoms with Crippen molar-refractivity contribution in [3.05, 3.63) is 35.4 Å². The minimum absolute atomic E-state index is 0.511. The van der Waals surface area contributed by atoms with Gasteiger partial charge in [-0.25, -0.2) is 0 Å². The summed E-state index contributed by atoms with van der Waals surface area (Å²) in [6.45, 7) is 5.71. The summed E-state index contributed by atoms with van der Waals surface area (Å²) in [5, 5.41) is 3.72. The number of nitrogens with zero attached hydrogens (tertiary/aromatic N) is 2. The molecular formula is C17H27N3. The zero-order chi connectivity index (χ0) is 14.1. The molecule has 1 aromatic carbocycles. The van der Waals surface area contributed by atoms with Gasteiger partial charge in [-0.15, -0.1) is 0 Å². The Morgan fingerprint density at radius 3 is 2.80 bits per heavy atom. The predicted octanol–water partition coefficient (Wildman–Crippen LogP) is 1.90. The first-order valence-corrected chi connectivity index (χ1v) is 7.92. The third-order valence-corrected chi connectivity index (χ3v) is 5.02. The first kappa shape index (κ1) is 14.1. The van der Waals surface area contributed by atoms with E-state index in [0.29, 0.717) is 12.1 Å². The van der Waals surface area contributed by atoms with Crippen LogP contribution in [0.3, 0.4) is 0 Å². The van der Waals surface area contributed by atoms with Gasteiger partial charge in [-0.3, -0.25) is 4.90 Å². The molecule has 20 heavy (non-hydrogen) atoms. The molecule has 3 atom stereocenters. The zero-order valence-electron chi connectivity index (χ0n) is 13.0. The Morgan fingerprint density at radius 1 is 1.30 bits per heavy atom. The molecule has 1 aliphatic carbocycles. The van der Waals surface area contributed by atoms with Crippen molar-refractivity contribution in [3.8, 4) is 0 Å². The second kappa shape index (κ2) is 5.84. The van der Waals surface area contributed by atoms with E-state index in [1.165, 1.54) is 37.1 Å².